The van der Waals surface area contributed by atoms with Gasteiger partial charge in [-0.3, -0.25) is 9.59 Å². The molecule has 6 heteroatoms. The molecule has 0 unspecified atom stereocenters. The SMILES string of the molecule is CCNC(=O)[C@H]1CC(=O)[C@@]2(C)CC[C@@H]3c4ccc(OCCCN5CC[C@@H](F)C5)cc4CC[C@H]3[C@H]12. The number of Topliss-reactive ketones (excluding diaryl/α,β-unsaturated/α-hetero) is 1. The minimum absolute atomic E-state index is 0.0655. The zero-order valence-corrected chi connectivity index (χ0v) is 20.7. The number of hydrogen-bond acceptors (Lipinski definition) is 4. The second-order valence-electron chi connectivity index (χ2n) is 11.2. The van der Waals surface area contributed by atoms with Crippen molar-refractivity contribution < 1.29 is 18.7 Å². The highest BCUT2D eigenvalue weighted by molar-refractivity contribution is 5.94. The summed E-state index contributed by atoms with van der Waals surface area (Å²) < 4.78 is 19.4. The number of hydrogen-bond donors (Lipinski definition) is 1. The Kier molecular flexibility index (Phi) is 6.71. The number of carbonyl (C=O) groups excluding carboxylic acids is 2. The number of alkyl halides is 1. The molecule has 1 saturated heterocycles. The van der Waals surface area contributed by atoms with E-state index in [9.17, 15) is 14.0 Å². The smallest absolute Gasteiger partial charge is 0.223 e. The predicted octanol–water partition coefficient (Wildman–Crippen LogP) is 4.29. The molecular weight excluding hydrogens is 431 g/mol. The van der Waals surface area contributed by atoms with Gasteiger partial charge in [-0.2, -0.15) is 0 Å². The lowest BCUT2D eigenvalue weighted by Gasteiger charge is -2.49. The summed E-state index contributed by atoms with van der Waals surface area (Å²) in [5, 5.41) is 3.00. The Morgan fingerprint density at radius 1 is 1.29 bits per heavy atom. The number of rotatable bonds is 7. The van der Waals surface area contributed by atoms with Gasteiger partial charge in [-0.25, -0.2) is 4.39 Å². The zero-order valence-electron chi connectivity index (χ0n) is 20.7. The number of likely N-dealkylation sites (tertiary alicyclic amines) is 1. The van der Waals surface area contributed by atoms with Crippen molar-refractivity contribution >= 4 is 11.7 Å². The Labute approximate surface area is 202 Å². The number of carbonyl (C=O) groups is 2. The fraction of sp³-hybridized carbons (Fsp3) is 0.714. The van der Waals surface area contributed by atoms with Crippen LogP contribution >= 0.6 is 0 Å². The van der Waals surface area contributed by atoms with Crippen LogP contribution in [0, 0.1) is 23.2 Å². The first-order chi connectivity index (χ1) is 16.4. The predicted molar refractivity (Wildman–Crippen MR) is 130 cm³/mol. The van der Waals surface area contributed by atoms with Crippen LogP contribution in [0.5, 0.6) is 5.75 Å². The van der Waals surface area contributed by atoms with Gasteiger partial charge in [0, 0.05) is 43.9 Å². The maximum atomic E-state index is 13.3. The van der Waals surface area contributed by atoms with Gasteiger partial charge in [0.1, 0.15) is 17.7 Å². The van der Waals surface area contributed by atoms with Crippen LogP contribution in [0.4, 0.5) is 4.39 Å². The Morgan fingerprint density at radius 3 is 2.91 bits per heavy atom. The van der Waals surface area contributed by atoms with Crippen LogP contribution in [-0.2, 0) is 16.0 Å². The van der Waals surface area contributed by atoms with E-state index in [1.54, 1.807) is 0 Å². The van der Waals surface area contributed by atoms with Crippen LogP contribution in [0.15, 0.2) is 18.2 Å². The lowest BCUT2D eigenvalue weighted by molar-refractivity contribution is -0.130. The number of amides is 1. The zero-order chi connectivity index (χ0) is 23.9. The largest absolute Gasteiger partial charge is 0.494 e. The van der Waals surface area contributed by atoms with E-state index < -0.39 is 6.17 Å². The number of fused-ring (bicyclic) bond motifs is 5. The van der Waals surface area contributed by atoms with E-state index in [1.165, 1.54) is 11.1 Å². The Bertz CT molecular complexity index is 936. The van der Waals surface area contributed by atoms with Crippen molar-refractivity contribution in [2.75, 3.05) is 32.8 Å². The third-order valence-electron chi connectivity index (χ3n) is 9.22. The summed E-state index contributed by atoms with van der Waals surface area (Å²) in [6.45, 7) is 7.64. The molecule has 1 N–H and O–H groups in total. The van der Waals surface area contributed by atoms with E-state index in [0.717, 1.165) is 50.9 Å². The van der Waals surface area contributed by atoms with Crippen LogP contribution in [0.25, 0.3) is 0 Å². The summed E-state index contributed by atoms with van der Waals surface area (Å²) in [5.41, 5.74) is 2.40. The minimum Gasteiger partial charge on any atom is -0.494 e. The fourth-order valence-corrected chi connectivity index (χ4v) is 7.55. The quantitative estimate of drug-likeness (QED) is 0.604. The average Bonchev–Trinajstić information content (AvgIpc) is 3.36. The van der Waals surface area contributed by atoms with Crippen molar-refractivity contribution in [1.82, 2.24) is 10.2 Å². The van der Waals surface area contributed by atoms with Crippen LogP contribution in [0.1, 0.15) is 69.4 Å². The van der Waals surface area contributed by atoms with E-state index in [4.69, 9.17) is 4.74 Å². The molecular formula is C28H39FN2O3. The number of nitrogens with one attached hydrogen (secondary N) is 1. The average molecular weight is 471 g/mol. The highest BCUT2D eigenvalue weighted by atomic mass is 19.1. The molecule has 34 heavy (non-hydrogen) atoms. The number of aryl methyl sites for hydroxylation is 1. The van der Waals surface area contributed by atoms with E-state index in [0.29, 0.717) is 44.4 Å². The Balaban J connectivity index is 1.25. The summed E-state index contributed by atoms with van der Waals surface area (Å²) in [7, 11) is 0. The molecule has 0 spiro atoms. The first-order valence-electron chi connectivity index (χ1n) is 13.3. The summed E-state index contributed by atoms with van der Waals surface area (Å²) in [5.74, 6) is 2.04. The van der Waals surface area contributed by atoms with Gasteiger partial charge in [-0.15, -0.1) is 0 Å². The highest BCUT2D eigenvalue weighted by Crippen LogP contribution is 2.61. The third kappa shape index (κ3) is 4.27. The number of halogens is 1. The second kappa shape index (κ2) is 9.60. The van der Waals surface area contributed by atoms with Crippen LogP contribution in [0.2, 0.25) is 0 Å². The minimum atomic E-state index is -0.665. The number of benzene rings is 1. The number of ketones is 1. The summed E-state index contributed by atoms with van der Waals surface area (Å²) in [4.78, 5) is 28.1. The van der Waals surface area contributed by atoms with Gasteiger partial charge in [-0.05, 0) is 86.5 Å². The van der Waals surface area contributed by atoms with Gasteiger partial charge < -0.3 is 15.0 Å². The van der Waals surface area contributed by atoms with Crippen molar-refractivity contribution in [3.05, 3.63) is 29.3 Å². The monoisotopic (exact) mass is 470 g/mol. The summed E-state index contributed by atoms with van der Waals surface area (Å²) in [6, 6.07) is 6.52. The molecule has 1 aromatic carbocycles. The lowest BCUT2D eigenvalue weighted by Crippen LogP contribution is -2.46. The number of nitrogens with zero attached hydrogens (tertiary/aromatic N) is 1. The Hall–Kier alpha value is -1.95. The topological polar surface area (TPSA) is 58.6 Å². The molecule has 3 fully saturated rings. The van der Waals surface area contributed by atoms with E-state index in [2.05, 4.69) is 35.3 Å². The van der Waals surface area contributed by atoms with Gasteiger partial charge in [0.05, 0.1) is 6.61 Å². The van der Waals surface area contributed by atoms with E-state index in [-0.39, 0.29) is 28.9 Å². The van der Waals surface area contributed by atoms with Gasteiger partial charge in [0.15, 0.2) is 0 Å². The molecule has 0 bridgehead atoms. The lowest BCUT2D eigenvalue weighted by atomic mass is 9.54. The molecule has 5 rings (SSSR count). The summed E-state index contributed by atoms with van der Waals surface area (Å²) in [6.07, 6.45) is 5.20. The molecule has 4 aliphatic rings. The molecule has 1 amide bonds. The highest BCUT2D eigenvalue weighted by Gasteiger charge is 2.60. The van der Waals surface area contributed by atoms with E-state index in [1.807, 2.05) is 6.92 Å². The van der Waals surface area contributed by atoms with Crippen molar-refractivity contribution in [3.63, 3.8) is 0 Å². The van der Waals surface area contributed by atoms with Crippen LogP contribution in [0.3, 0.4) is 0 Å². The maximum Gasteiger partial charge on any atom is 0.223 e. The molecule has 1 aromatic rings. The molecule has 5 nitrogen and oxygen atoms in total. The van der Waals surface area contributed by atoms with Crippen LogP contribution in [-0.4, -0.2) is 55.5 Å². The fourth-order valence-electron chi connectivity index (χ4n) is 7.55. The normalized spacial score (nSPS) is 34.9. The van der Waals surface area contributed by atoms with E-state index >= 15 is 0 Å². The number of ether oxygens (including phenoxy) is 1. The van der Waals surface area contributed by atoms with Gasteiger partial charge in [0.25, 0.3) is 0 Å². The first kappa shape index (κ1) is 23.8. The molecule has 1 aliphatic heterocycles. The van der Waals surface area contributed by atoms with Gasteiger partial charge >= 0.3 is 0 Å². The molecule has 6 atom stereocenters. The molecule has 0 radical (unpaired) electrons. The molecule has 1 heterocycles. The Morgan fingerprint density at radius 2 is 2.15 bits per heavy atom. The molecule has 3 aliphatic carbocycles. The van der Waals surface area contributed by atoms with Crippen molar-refractivity contribution in [2.24, 2.45) is 23.2 Å². The molecule has 0 aromatic heterocycles. The molecule has 2 saturated carbocycles. The van der Waals surface area contributed by atoms with Gasteiger partial charge in [0.2, 0.25) is 5.91 Å². The summed E-state index contributed by atoms with van der Waals surface area (Å²) >= 11 is 0. The van der Waals surface area contributed by atoms with Crippen LogP contribution < -0.4 is 10.1 Å². The van der Waals surface area contributed by atoms with Crippen molar-refractivity contribution in [3.8, 4) is 5.75 Å². The second-order valence-corrected chi connectivity index (χ2v) is 11.2. The third-order valence-corrected chi connectivity index (χ3v) is 9.22. The van der Waals surface area contributed by atoms with Gasteiger partial charge in [-0.1, -0.05) is 13.0 Å². The van der Waals surface area contributed by atoms with Crippen molar-refractivity contribution in [2.45, 2.75) is 70.9 Å². The maximum absolute atomic E-state index is 13.3. The molecule has 186 valence electrons. The first-order valence-corrected chi connectivity index (χ1v) is 13.3. The van der Waals surface area contributed by atoms with Crippen molar-refractivity contribution in [1.29, 1.82) is 0 Å². The standard InChI is InChI=1S/C28H39FN2O3/c1-3-30-27(33)24-16-25(32)28(2)11-9-22-21-8-6-20(15-18(21)5-7-23(22)26(24)28)34-14-4-12-31-13-10-19(29)17-31/h6,8,15,19,22-24,26H,3-5,7,9-14,16-17H2,1-2H3,(H,30,33)/t19-,22-,23-,24+,26-,28-/m1/s1.